The van der Waals surface area contributed by atoms with Crippen molar-refractivity contribution >= 4 is 17.2 Å². The summed E-state index contributed by atoms with van der Waals surface area (Å²) in [6.45, 7) is 3.09. The Bertz CT molecular complexity index is 1100. The van der Waals surface area contributed by atoms with E-state index >= 15 is 0 Å². The summed E-state index contributed by atoms with van der Waals surface area (Å²) in [5.74, 6) is 1.57. The zero-order valence-corrected chi connectivity index (χ0v) is 15.9. The normalized spacial score (nSPS) is 16.8. The van der Waals surface area contributed by atoms with Crippen LogP contribution in [0.5, 0.6) is 0 Å². The fourth-order valence-electron chi connectivity index (χ4n) is 3.35. The lowest BCUT2D eigenvalue weighted by molar-refractivity contribution is 0.0794. The SMILES string of the molecule is Cc1nc(-n2cccc2)sc1C(=O)N1CC[C@@H](c2noc(-c3ccco3)n2)C1. The Morgan fingerprint density at radius 1 is 1.25 bits per heavy atom. The zero-order chi connectivity index (χ0) is 19.1. The number of carbonyl (C=O) groups excluding carboxylic acids is 1. The minimum absolute atomic E-state index is 0.00524. The molecule has 1 atom stereocenters. The minimum atomic E-state index is 0.00524. The number of hydrogen-bond donors (Lipinski definition) is 0. The van der Waals surface area contributed by atoms with Crippen molar-refractivity contribution in [1.82, 2.24) is 24.6 Å². The second-order valence-corrected chi connectivity index (χ2v) is 7.65. The molecule has 1 aliphatic heterocycles. The molecule has 5 heterocycles. The summed E-state index contributed by atoms with van der Waals surface area (Å²) >= 11 is 1.41. The highest BCUT2D eigenvalue weighted by atomic mass is 32.1. The molecule has 1 aliphatic rings. The number of furan rings is 1. The molecule has 0 spiro atoms. The predicted molar refractivity (Wildman–Crippen MR) is 101 cm³/mol. The van der Waals surface area contributed by atoms with Crippen LogP contribution in [0.2, 0.25) is 0 Å². The van der Waals surface area contributed by atoms with Crippen molar-refractivity contribution in [3.8, 4) is 16.8 Å². The fraction of sp³-hybridized carbons (Fsp3) is 0.263. The molecule has 1 fully saturated rings. The van der Waals surface area contributed by atoms with Gasteiger partial charge in [-0.1, -0.05) is 16.5 Å². The van der Waals surface area contributed by atoms with Gasteiger partial charge in [0, 0.05) is 31.4 Å². The molecule has 4 aromatic rings. The number of aromatic nitrogens is 4. The summed E-state index contributed by atoms with van der Waals surface area (Å²) in [4.78, 5) is 24.5. The molecule has 1 saturated heterocycles. The lowest BCUT2D eigenvalue weighted by Crippen LogP contribution is -2.28. The topological polar surface area (TPSA) is 90.2 Å². The quantitative estimate of drug-likeness (QED) is 0.525. The fourth-order valence-corrected chi connectivity index (χ4v) is 4.36. The second-order valence-electron chi connectivity index (χ2n) is 6.67. The first-order valence-corrected chi connectivity index (χ1v) is 9.78. The van der Waals surface area contributed by atoms with E-state index in [1.807, 2.05) is 40.9 Å². The van der Waals surface area contributed by atoms with Crippen molar-refractivity contribution in [1.29, 1.82) is 0 Å². The highest BCUT2D eigenvalue weighted by molar-refractivity contribution is 7.16. The van der Waals surface area contributed by atoms with Gasteiger partial charge in [0.2, 0.25) is 0 Å². The molecule has 9 heteroatoms. The molecule has 0 bridgehead atoms. The van der Waals surface area contributed by atoms with Gasteiger partial charge in [0.25, 0.3) is 11.8 Å². The molecular weight excluding hydrogens is 378 g/mol. The molecular formula is C19H17N5O3S. The summed E-state index contributed by atoms with van der Waals surface area (Å²) in [5, 5.41) is 4.87. The van der Waals surface area contributed by atoms with E-state index in [0.717, 1.165) is 17.2 Å². The van der Waals surface area contributed by atoms with Crippen LogP contribution in [-0.2, 0) is 0 Å². The maximum absolute atomic E-state index is 13.0. The van der Waals surface area contributed by atoms with E-state index in [9.17, 15) is 4.79 Å². The van der Waals surface area contributed by atoms with Gasteiger partial charge in [-0.2, -0.15) is 4.98 Å². The van der Waals surface area contributed by atoms with Gasteiger partial charge in [-0.05, 0) is 37.6 Å². The molecule has 5 rings (SSSR count). The maximum Gasteiger partial charge on any atom is 0.293 e. The van der Waals surface area contributed by atoms with Crippen molar-refractivity contribution in [2.45, 2.75) is 19.3 Å². The largest absolute Gasteiger partial charge is 0.459 e. The number of nitrogens with zero attached hydrogens (tertiary/aromatic N) is 5. The van der Waals surface area contributed by atoms with Crippen LogP contribution in [0.15, 0.2) is 51.9 Å². The smallest absolute Gasteiger partial charge is 0.293 e. The van der Waals surface area contributed by atoms with E-state index in [2.05, 4.69) is 15.1 Å². The Kier molecular flexibility index (Phi) is 4.09. The first kappa shape index (κ1) is 16.9. The van der Waals surface area contributed by atoms with Gasteiger partial charge in [-0.25, -0.2) is 4.98 Å². The van der Waals surface area contributed by atoms with Crippen LogP contribution in [0.25, 0.3) is 16.8 Å². The molecule has 0 N–H and O–H groups in total. The van der Waals surface area contributed by atoms with Gasteiger partial charge >= 0.3 is 0 Å². The summed E-state index contributed by atoms with van der Waals surface area (Å²) in [6.07, 6.45) is 6.20. The third kappa shape index (κ3) is 2.93. The molecule has 1 amide bonds. The van der Waals surface area contributed by atoms with E-state index in [1.54, 1.807) is 18.4 Å². The van der Waals surface area contributed by atoms with Crippen LogP contribution in [-0.4, -0.2) is 43.6 Å². The van der Waals surface area contributed by atoms with Crippen LogP contribution in [0.1, 0.15) is 33.5 Å². The van der Waals surface area contributed by atoms with Gasteiger partial charge in [-0.3, -0.25) is 4.79 Å². The Labute approximate surface area is 164 Å². The average Bonchev–Trinajstić information content (AvgIpc) is 3.52. The van der Waals surface area contributed by atoms with Gasteiger partial charge in [-0.15, -0.1) is 0 Å². The van der Waals surface area contributed by atoms with Crippen molar-refractivity contribution in [3.63, 3.8) is 0 Å². The maximum atomic E-state index is 13.0. The average molecular weight is 395 g/mol. The number of rotatable bonds is 4. The van der Waals surface area contributed by atoms with E-state index in [1.165, 1.54) is 11.3 Å². The molecule has 0 aromatic carbocycles. The standard InChI is InChI=1S/C19H17N5O3S/c1-12-15(28-19(20-12)23-7-2-3-8-23)18(25)24-9-6-13(11-24)16-21-17(27-22-16)14-5-4-10-26-14/h2-5,7-8,10,13H,6,9,11H2,1H3/t13-/m1/s1. The molecule has 8 nitrogen and oxygen atoms in total. The van der Waals surface area contributed by atoms with Gasteiger partial charge in [0.15, 0.2) is 16.7 Å². The minimum Gasteiger partial charge on any atom is -0.459 e. The summed E-state index contributed by atoms with van der Waals surface area (Å²) in [7, 11) is 0. The van der Waals surface area contributed by atoms with Crippen molar-refractivity contribution < 1.29 is 13.7 Å². The molecule has 0 aliphatic carbocycles. The Balaban J connectivity index is 1.32. The van der Waals surface area contributed by atoms with E-state index < -0.39 is 0 Å². The van der Waals surface area contributed by atoms with Crippen LogP contribution in [0, 0.1) is 6.92 Å². The monoisotopic (exact) mass is 395 g/mol. The van der Waals surface area contributed by atoms with Crippen LogP contribution < -0.4 is 0 Å². The second kappa shape index (κ2) is 6.75. The van der Waals surface area contributed by atoms with Crippen LogP contribution in [0.3, 0.4) is 0 Å². The first-order valence-electron chi connectivity index (χ1n) is 8.96. The molecule has 0 radical (unpaired) electrons. The lowest BCUT2D eigenvalue weighted by atomic mass is 10.1. The lowest BCUT2D eigenvalue weighted by Gasteiger charge is -2.14. The van der Waals surface area contributed by atoms with Crippen LogP contribution in [0.4, 0.5) is 0 Å². The van der Waals surface area contributed by atoms with E-state index in [0.29, 0.717) is 35.4 Å². The van der Waals surface area contributed by atoms with E-state index in [4.69, 9.17) is 8.94 Å². The van der Waals surface area contributed by atoms with Gasteiger partial charge < -0.3 is 18.4 Å². The zero-order valence-electron chi connectivity index (χ0n) is 15.1. The number of thiazole rings is 1. The summed E-state index contributed by atoms with van der Waals surface area (Å²) < 4.78 is 12.5. The molecule has 28 heavy (non-hydrogen) atoms. The highest BCUT2D eigenvalue weighted by Crippen LogP contribution is 2.30. The Morgan fingerprint density at radius 2 is 2.11 bits per heavy atom. The third-order valence-electron chi connectivity index (χ3n) is 4.82. The highest BCUT2D eigenvalue weighted by Gasteiger charge is 2.33. The van der Waals surface area contributed by atoms with Crippen molar-refractivity contribution in [2.24, 2.45) is 0 Å². The molecule has 0 saturated carbocycles. The predicted octanol–water partition coefficient (Wildman–Crippen LogP) is 3.51. The Morgan fingerprint density at radius 3 is 2.89 bits per heavy atom. The molecule has 142 valence electrons. The number of aryl methyl sites for hydroxylation is 1. The number of carbonyl (C=O) groups is 1. The Hall–Kier alpha value is -3.20. The van der Waals surface area contributed by atoms with Crippen molar-refractivity contribution in [3.05, 3.63) is 59.3 Å². The van der Waals surface area contributed by atoms with Gasteiger partial charge in [0.1, 0.15) is 4.88 Å². The number of likely N-dealkylation sites (tertiary alicyclic amines) is 1. The summed E-state index contributed by atoms with van der Waals surface area (Å²) in [6, 6.07) is 7.42. The third-order valence-corrected chi connectivity index (χ3v) is 5.98. The first-order chi connectivity index (χ1) is 13.7. The summed E-state index contributed by atoms with van der Waals surface area (Å²) in [5.41, 5.74) is 0.752. The van der Waals surface area contributed by atoms with E-state index in [-0.39, 0.29) is 11.8 Å². The number of amides is 1. The van der Waals surface area contributed by atoms with Gasteiger partial charge in [0.05, 0.1) is 12.0 Å². The molecule has 4 aromatic heterocycles. The van der Waals surface area contributed by atoms with Crippen molar-refractivity contribution in [2.75, 3.05) is 13.1 Å². The van der Waals surface area contributed by atoms with Crippen LogP contribution >= 0.6 is 11.3 Å². The number of hydrogen-bond acceptors (Lipinski definition) is 7. The molecule has 0 unspecified atom stereocenters.